The van der Waals surface area contributed by atoms with Gasteiger partial charge in [-0.15, -0.1) is 0 Å². The van der Waals surface area contributed by atoms with E-state index >= 15 is 0 Å². The Balaban J connectivity index is 2.16. The Morgan fingerprint density at radius 2 is 2.26 bits per heavy atom. The van der Waals surface area contributed by atoms with Crippen molar-refractivity contribution in [3.05, 3.63) is 28.5 Å². The Morgan fingerprint density at radius 1 is 1.47 bits per heavy atom. The minimum atomic E-state index is -0.196. The molecule has 1 aromatic heterocycles. The van der Waals surface area contributed by atoms with Crippen LogP contribution in [0.3, 0.4) is 0 Å². The molecule has 19 heavy (non-hydrogen) atoms. The number of carbonyl (C=O) groups is 2. The lowest BCUT2D eigenvalue weighted by atomic mass is 10.3. The molecule has 5 nitrogen and oxygen atoms in total. The summed E-state index contributed by atoms with van der Waals surface area (Å²) in [6, 6.07) is 3.53. The van der Waals surface area contributed by atoms with Gasteiger partial charge in [0.05, 0.1) is 0 Å². The van der Waals surface area contributed by atoms with Gasteiger partial charge < -0.3 is 9.80 Å². The average Bonchev–Trinajstić information content (AvgIpc) is 2.60. The molecule has 0 radical (unpaired) electrons. The van der Waals surface area contributed by atoms with Crippen LogP contribution < -0.4 is 0 Å². The number of halogens is 1. The van der Waals surface area contributed by atoms with E-state index in [2.05, 4.69) is 20.9 Å². The van der Waals surface area contributed by atoms with Gasteiger partial charge in [0, 0.05) is 30.3 Å². The van der Waals surface area contributed by atoms with Crippen molar-refractivity contribution < 1.29 is 9.59 Å². The van der Waals surface area contributed by atoms with Crippen molar-refractivity contribution in [1.29, 1.82) is 0 Å². The van der Waals surface area contributed by atoms with E-state index in [1.165, 1.54) is 0 Å². The third-order valence-corrected chi connectivity index (χ3v) is 3.80. The molecule has 0 aromatic carbocycles. The smallest absolute Gasteiger partial charge is 0.274 e. The molecule has 0 unspecified atom stereocenters. The van der Waals surface area contributed by atoms with Crippen molar-refractivity contribution in [2.45, 2.75) is 13.3 Å². The lowest BCUT2D eigenvalue weighted by molar-refractivity contribution is -0.130. The summed E-state index contributed by atoms with van der Waals surface area (Å²) >= 11 is 3.32. The van der Waals surface area contributed by atoms with E-state index in [9.17, 15) is 9.59 Å². The van der Waals surface area contributed by atoms with Crippen molar-refractivity contribution >= 4 is 27.7 Å². The van der Waals surface area contributed by atoms with E-state index in [0.29, 0.717) is 29.8 Å². The number of hydrogen-bond donors (Lipinski definition) is 0. The molecule has 2 amide bonds. The Kier molecular flexibility index (Phi) is 4.52. The quantitative estimate of drug-likeness (QED) is 0.828. The first-order chi connectivity index (χ1) is 9.13. The van der Waals surface area contributed by atoms with Crippen LogP contribution in [-0.2, 0) is 4.79 Å². The standard InChI is InChI=1S/C13H16BrN3O2/c1-2-16-7-4-8-17(9-11(16)18)13(19)12-10(14)5-3-6-15-12/h3,5-6H,2,4,7-9H2,1H3. The second-order valence-electron chi connectivity index (χ2n) is 4.39. The number of pyridine rings is 1. The molecule has 1 fully saturated rings. The summed E-state index contributed by atoms with van der Waals surface area (Å²) in [5, 5.41) is 0. The molecule has 0 aliphatic carbocycles. The highest BCUT2D eigenvalue weighted by molar-refractivity contribution is 9.10. The number of likely N-dealkylation sites (N-methyl/N-ethyl adjacent to an activating group) is 1. The van der Waals surface area contributed by atoms with E-state index in [0.717, 1.165) is 6.42 Å². The van der Waals surface area contributed by atoms with E-state index in [1.807, 2.05) is 6.92 Å². The predicted octanol–water partition coefficient (Wildman–Crippen LogP) is 1.54. The predicted molar refractivity (Wildman–Crippen MR) is 74.7 cm³/mol. The zero-order valence-electron chi connectivity index (χ0n) is 10.8. The van der Waals surface area contributed by atoms with Gasteiger partial charge in [-0.1, -0.05) is 0 Å². The third kappa shape index (κ3) is 3.12. The molecular formula is C13H16BrN3O2. The molecule has 0 atom stereocenters. The molecule has 2 heterocycles. The summed E-state index contributed by atoms with van der Waals surface area (Å²) in [5.74, 6) is -0.195. The van der Waals surface area contributed by atoms with Gasteiger partial charge in [0.1, 0.15) is 12.2 Å². The lowest BCUT2D eigenvalue weighted by Crippen LogP contribution is -2.39. The summed E-state index contributed by atoms with van der Waals surface area (Å²) in [7, 11) is 0. The molecule has 1 aliphatic rings. The van der Waals surface area contributed by atoms with Crippen LogP contribution in [0, 0.1) is 0 Å². The fourth-order valence-corrected chi connectivity index (χ4v) is 2.54. The van der Waals surface area contributed by atoms with Crippen molar-refractivity contribution in [2.75, 3.05) is 26.2 Å². The van der Waals surface area contributed by atoms with Gasteiger partial charge in [-0.2, -0.15) is 0 Å². The number of aromatic nitrogens is 1. The van der Waals surface area contributed by atoms with Crippen LogP contribution in [0.25, 0.3) is 0 Å². The minimum absolute atomic E-state index is 0.000374. The van der Waals surface area contributed by atoms with Crippen molar-refractivity contribution in [3.8, 4) is 0 Å². The molecule has 102 valence electrons. The maximum atomic E-state index is 12.4. The molecule has 1 aromatic rings. The van der Waals surface area contributed by atoms with E-state index < -0.39 is 0 Å². The van der Waals surface area contributed by atoms with E-state index in [4.69, 9.17) is 0 Å². The first kappa shape index (κ1) is 14.0. The summed E-state index contributed by atoms with van der Waals surface area (Å²) in [6.45, 7) is 4.07. The van der Waals surface area contributed by atoms with E-state index in [-0.39, 0.29) is 18.4 Å². The van der Waals surface area contributed by atoms with Gasteiger partial charge >= 0.3 is 0 Å². The van der Waals surface area contributed by atoms with Gasteiger partial charge in [-0.25, -0.2) is 4.98 Å². The van der Waals surface area contributed by atoms with Crippen molar-refractivity contribution in [2.24, 2.45) is 0 Å². The van der Waals surface area contributed by atoms with Crippen molar-refractivity contribution in [3.63, 3.8) is 0 Å². The number of nitrogens with zero attached hydrogens (tertiary/aromatic N) is 3. The molecule has 0 saturated carbocycles. The second kappa shape index (κ2) is 6.14. The lowest BCUT2D eigenvalue weighted by Gasteiger charge is -2.20. The van der Waals surface area contributed by atoms with Gasteiger partial charge in [0.25, 0.3) is 5.91 Å². The molecule has 1 saturated heterocycles. The van der Waals surface area contributed by atoms with Crippen LogP contribution >= 0.6 is 15.9 Å². The Bertz CT molecular complexity index is 493. The van der Waals surface area contributed by atoms with Gasteiger partial charge in [-0.3, -0.25) is 9.59 Å². The Morgan fingerprint density at radius 3 is 2.95 bits per heavy atom. The summed E-state index contributed by atoms with van der Waals surface area (Å²) in [6.07, 6.45) is 2.38. The Hall–Kier alpha value is -1.43. The number of rotatable bonds is 2. The van der Waals surface area contributed by atoms with Crippen LogP contribution in [0.4, 0.5) is 0 Å². The van der Waals surface area contributed by atoms with E-state index in [1.54, 1.807) is 28.1 Å². The molecule has 0 N–H and O–H groups in total. The molecular weight excluding hydrogens is 310 g/mol. The minimum Gasteiger partial charge on any atom is -0.341 e. The van der Waals surface area contributed by atoms with Crippen molar-refractivity contribution in [1.82, 2.24) is 14.8 Å². The highest BCUT2D eigenvalue weighted by Crippen LogP contribution is 2.16. The topological polar surface area (TPSA) is 53.5 Å². The van der Waals surface area contributed by atoms with Crippen LogP contribution in [-0.4, -0.2) is 52.8 Å². The fourth-order valence-electron chi connectivity index (χ4n) is 2.12. The highest BCUT2D eigenvalue weighted by Gasteiger charge is 2.26. The van der Waals surface area contributed by atoms with Gasteiger partial charge in [-0.05, 0) is 41.4 Å². The van der Waals surface area contributed by atoms with Crippen LogP contribution in [0.2, 0.25) is 0 Å². The maximum absolute atomic E-state index is 12.4. The third-order valence-electron chi connectivity index (χ3n) is 3.16. The van der Waals surface area contributed by atoms with Gasteiger partial charge in [0.2, 0.25) is 5.91 Å². The average molecular weight is 326 g/mol. The van der Waals surface area contributed by atoms with Crippen LogP contribution in [0.15, 0.2) is 22.8 Å². The van der Waals surface area contributed by atoms with Gasteiger partial charge in [0.15, 0.2) is 0 Å². The van der Waals surface area contributed by atoms with Crippen LogP contribution in [0.1, 0.15) is 23.8 Å². The molecule has 1 aliphatic heterocycles. The number of hydrogen-bond acceptors (Lipinski definition) is 3. The molecule has 2 rings (SSSR count). The fraction of sp³-hybridized carbons (Fsp3) is 0.462. The molecule has 6 heteroatoms. The maximum Gasteiger partial charge on any atom is 0.274 e. The first-order valence-electron chi connectivity index (χ1n) is 6.31. The zero-order chi connectivity index (χ0) is 13.8. The first-order valence-corrected chi connectivity index (χ1v) is 7.10. The second-order valence-corrected chi connectivity index (χ2v) is 5.24. The normalized spacial score (nSPS) is 16.4. The molecule has 0 bridgehead atoms. The summed E-state index contributed by atoms with van der Waals surface area (Å²) in [5.41, 5.74) is 0.361. The SMILES string of the molecule is CCN1CCCN(C(=O)c2ncccc2Br)CC1=O. The monoisotopic (exact) mass is 325 g/mol. The zero-order valence-corrected chi connectivity index (χ0v) is 12.4. The summed E-state index contributed by atoms with van der Waals surface area (Å²) in [4.78, 5) is 31.8. The number of amides is 2. The number of carbonyl (C=O) groups excluding carboxylic acids is 2. The largest absolute Gasteiger partial charge is 0.341 e. The Labute approximate surface area is 120 Å². The highest BCUT2D eigenvalue weighted by atomic mass is 79.9. The summed E-state index contributed by atoms with van der Waals surface area (Å²) < 4.78 is 0.657. The molecule has 0 spiro atoms. The van der Waals surface area contributed by atoms with Crippen LogP contribution in [0.5, 0.6) is 0 Å².